The first-order valence-electron chi connectivity index (χ1n) is 14.1. The number of rotatable bonds is 11. The molecule has 2 fully saturated rings. The van der Waals surface area contributed by atoms with Gasteiger partial charge in [-0.1, -0.05) is 25.5 Å². The second kappa shape index (κ2) is 13.4. The van der Waals surface area contributed by atoms with Crippen LogP contribution in [-0.4, -0.2) is 73.5 Å². The number of ether oxygens (including phenoxy) is 2. The van der Waals surface area contributed by atoms with Gasteiger partial charge in [-0.25, -0.2) is 0 Å². The van der Waals surface area contributed by atoms with E-state index in [1.165, 1.54) is 32.2 Å². The molecule has 198 valence electrons. The van der Waals surface area contributed by atoms with Crippen LogP contribution in [0.2, 0.25) is 0 Å². The first-order chi connectivity index (χ1) is 17.5. The van der Waals surface area contributed by atoms with Gasteiger partial charge in [0.15, 0.2) is 0 Å². The summed E-state index contributed by atoms with van der Waals surface area (Å²) in [6.07, 6.45) is 10.7. The van der Waals surface area contributed by atoms with Crippen molar-refractivity contribution in [1.82, 2.24) is 20.0 Å². The lowest BCUT2D eigenvalue weighted by atomic mass is 9.82. The van der Waals surface area contributed by atoms with E-state index < -0.39 is 0 Å². The predicted molar refractivity (Wildman–Crippen MR) is 147 cm³/mol. The average Bonchev–Trinajstić information content (AvgIpc) is 2.89. The highest BCUT2D eigenvalue weighted by molar-refractivity contribution is 5.67. The van der Waals surface area contributed by atoms with Gasteiger partial charge in [0.25, 0.3) is 0 Å². The topological polar surface area (TPSA) is 50.7 Å². The average molecular weight is 495 g/mol. The minimum atomic E-state index is 0.221. The maximum Gasteiger partial charge on any atom is 0.234 e. The SMILES string of the molecule is CCCCc1nnc(OC2CCN(C)CC2)cc1-c1ccc(OCC2CCC(CN(C)C)CC2)cc1. The monoisotopic (exact) mass is 494 g/mol. The van der Waals surface area contributed by atoms with Gasteiger partial charge in [-0.3, -0.25) is 0 Å². The van der Waals surface area contributed by atoms with E-state index in [0.29, 0.717) is 11.8 Å². The highest BCUT2D eigenvalue weighted by Crippen LogP contribution is 2.31. The Bertz CT molecular complexity index is 917. The Kier molecular flexibility index (Phi) is 9.99. The first-order valence-corrected chi connectivity index (χ1v) is 14.1. The van der Waals surface area contributed by atoms with Crippen LogP contribution in [0.5, 0.6) is 11.6 Å². The van der Waals surface area contributed by atoms with Crippen molar-refractivity contribution in [2.75, 3.05) is 47.4 Å². The number of hydrogen-bond donors (Lipinski definition) is 0. The third-order valence-electron chi connectivity index (χ3n) is 7.81. The van der Waals surface area contributed by atoms with Crippen molar-refractivity contribution in [2.24, 2.45) is 11.8 Å². The summed E-state index contributed by atoms with van der Waals surface area (Å²) in [5, 5.41) is 9.03. The molecule has 0 unspecified atom stereocenters. The van der Waals surface area contributed by atoms with Gasteiger partial charge in [-0.15, -0.1) is 5.10 Å². The normalized spacial score (nSPS) is 21.6. The number of unbranched alkanes of at least 4 members (excludes halogenated alkanes) is 1. The van der Waals surface area contributed by atoms with Crippen LogP contribution in [0.15, 0.2) is 30.3 Å². The molecular weight excluding hydrogens is 448 g/mol. The lowest BCUT2D eigenvalue weighted by Gasteiger charge is -2.30. The van der Waals surface area contributed by atoms with Crippen LogP contribution in [0.3, 0.4) is 0 Å². The van der Waals surface area contributed by atoms with Crippen molar-refractivity contribution >= 4 is 0 Å². The maximum atomic E-state index is 6.26. The second-order valence-electron chi connectivity index (χ2n) is 11.3. The van der Waals surface area contributed by atoms with Gasteiger partial charge < -0.3 is 19.3 Å². The zero-order valence-corrected chi connectivity index (χ0v) is 22.9. The maximum absolute atomic E-state index is 6.26. The molecule has 0 amide bonds. The molecule has 6 heteroatoms. The summed E-state index contributed by atoms with van der Waals surface area (Å²) in [7, 11) is 6.52. The van der Waals surface area contributed by atoms with E-state index in [9.17, 15) is 0 Å². The molecule has 0 spiro atoms. The molecule has 4 rings (SSSR count). The smallest absolute Gasteiger partial charge is 0.234 e. The molecule has 6 nitrogen and oxygen atoms in total. The van der Waals surface area contributed by atoms with Gasteiger partial charge in [0, 0.05) is 31.3 Å². The van der Waals surface area contributed by atoms with Crippen molar-refractivity contribution in [1.29, 1.82) is 0 Å². The summed E-state index contributed by atoms with van der Waals surface area (Å²) in [6.45, 7) is 6.38. The highest BCUT2D eigenvalue weighted by Gasteiger charge is 2.22. The molecule has 1 aliphatic carbocycles. The van der Waals surface area contributed by atoms with E-state index in [-0.39, 0.29) is 6.10 Å². The highest BCUT2D eigenvalue weighted by atomic mass is 16.5. The minimum absolute atomic E-state index is 0.221. The molecule has 0 bridgehead atoms. The van der Waals surface area contributed by atoms with E-state index in [4.69, 9.17) is 9.47 Å². The molecule has 0 radical (unpaired) electrons. The number of piperidine rings is 1. The van der Waals surface area contributed by atoms with Crippen LogP contribution in [-0.2, 0) is 6.42 Å². The Morgan fingerprint density at radius 1 is 0.944 bits per heavy atom. The van der Waals surface area contributed by atoms with Crippen LogP contribution >= 0.6 is 0 Å². The summed E-state index contributed by atoms with van der Waals surface area (Å²) in [5.74, 6) is 3.12. The fourth-order valence-corrected chi connectivity index (χ4v) is 5.55. The fourth-order valence-electron chi connectivity index (χ4n) is 5.55. The lowest BCUT2D eigenvalue weighted by Crippen LogP contribution is -2.35. The summed E-state index contributed by atoms with van der Waals surface area (Å²) >= 11 is 0. The predicted octanol–water partition coefficient (Wildman–Crippen LogP) is 5.71. The number of benzene rings is 1. The zero-order chi connectivity index (χ0) is 25.3. The minimum Gasteiger partial charge on any atom is -0.493 e. The molecule has 0 atom stereocenters. The number of aryl methyl sites for hydroxylation is 1. The van der Waals surface area contributed by atoms with Crippen LogP contribution in [0.1, 0.15) is 64.0 Å². The van der Waals surface area contributed by atoms with Crippen molar-refractivity contribution in [2.45, 2.75) is 70.8 Å². The standard InChI is InChI=1S/C30H46N4O2/c1-5-6-7-29-28(20-30(32-31-29)36-27-16-18-34(4)19-17-27)25-12-14-26(15-13-25)35-22-24-10-8-23(9-11-24)21-33(2)3/h12-15,20,23-24,27H,5-11,16-19,21-22H2,1-4H3. The Labute approximate surface area is 218 Å². The Balaban J connectivity index is 1.37. The van der Waals surface area contributed by atoms with Crippen molar-refractivity contribution in [3.05, 3.63) is 36.0 Å². The molecule has 1 aliphatic heterocycles. The number of hydrogen-bond acceptors (Lipinski definition) is 6. The van der Waals surface area contributed by atoms with E-state index in [1.54, 1.807) is 0 Å². The molecule has 1 saturated carbocycles. The molecule has 1 aromatic heterocycles. The molecule has 2 aromatic rings. The van der Waals surface area contributed by atoms with Gasteiger partial charge in [0.2, 0.25) is 5.88 Å². The molecule has 1 aromatic carbocycles. The first kappa shape index (κ1) is 26.9. The van der Waals surface area contributed by atoms with Crippen LogP contribution < -0.4 is 9.47 Å². The van der Waals surface area contributed by atoms with Crippen molar-refractivity contribution in [3.8, 4) is 22.8 Å². The molecule has 0 N–H and O–H groups in total. The second-order valence-corrected chi connectivity index (χ2v) is 11.3. The van der Waals surface area contributed by atoms with Gasteiger partial charge in [-0.2, -0.15) is 5.10 Å². The third kappa shape index (κ3) is 7.91. The summed E-state index contributed by atoms with van der Waals surface area (Å²) < 4.78 is 12.5. The third-order valence-corrected chi connectivity index (χ3v) is 7.81. The van der Waals surface area contributed by atoms with E-state index in [2.05, 4.69) is 78.4 Å². The van der Waals surface area contributed by atoms with E-state index in [0.717, 1.165) is 80.3 Å². The van der Waals surface area contributed by atoms with Gasteiger partial charge >= 0.3 is 0 Å². The van der Waals surface area contributed by atoms with Gasteiger partial charge in [-0.05, 0) is 102 Å². The Hall–Kier alpha value is -2.18. The van der Waals surface area contributed by atoms with Gasteiger partial charge in [0.05, 0.1) is 12.3 Å². The summed E-state index contributed by atoms with van der Waals surface area (Å²) in [6, 6.07) is 10.6. The van der Waals surface area contributed by atoms with E-state index >= 15 is 0 Å². The Morgan fingerprint density at radius 3 is 2.31 bits per heavy atom. The van der Waals surface area contributed by atoms with Crippen LogP contribution in [0.25, 0.3) is 11.1 Å². The fraction of sp³-hybridized carbons (Fsp3) is 0.667. The quantitative estimate of drug-likeness (QED) is 0.399. The van der Waals surface area contributed by atoms with Crippen LogP contribution in [0.4, 0.5) is 0 Å². The number of likely N-dealkylation sites (tertiary alicyclic amines) is 1. The lowest BCUT2D eigenvalue weighted by molar-refractivity contribution is 0.109. The zero-order valence-electron chi connectivity index (χ0n) is 22.9. The largest absolute Gasteiger partial charge is 0.493 e. The number of nitrogens with zero attached hydrogens (tertiary/aromatic N) is 4. The molecule has 36 heavy (non-hydrogen) atoms. The molecular formula is C30H46N4O2. The molecule has 2 heterocycles. The summed E-state index contributed by atoms with van der Waals surface area (Å²) in [5.41, 5.74) is 3.34. The molecule has 2 aliphatic rings. The summed E-state index contributed by atoms with van der Waals surface area (Å²) in [4.78, 5) is 4.67. The van der Waals surface area contributed by atoms with Crippen molar-refractivity contribution in [3.63, 3.8) is 0 Å². The van der Waals surface area contributed by atoms with Crippen molar-refractivity contribution < 1.29 is 9.47 Å². The van der Waals surface area contributed by atoms with Crippen LogP contribution in [0, 0.1) is 11.8 Å². The van der Waals surface area contributed by atoms with Gasteiger partial charge in [0.1, 0.15) is 11.9 Å². The Morgan fingerprint density at radius 2 is 1.64 bits per heavy atom. The van der Waals surface area contributed by atoms with E-state index in [1.807, 2.05) is 0 Å². The number of aromatic nitrogens is 2. The molecule has 1 saturated heterocycles.